The van der Waals surface area contributed by atoms with Crippen molar-refractivity contribution in [1.82, 2.24) is 9.97 Å². The van der Waals surface area contributed by atoms with E-state index in [-0.39, 0.29) is 6.01 Å². The lowest BCUT2D eigenvalue weighted by Crippen LogP contribution is -1.92. The molecule has 0 N–H and O–H groups in total. The molecule has 1 heterocycles. The van der Waals surface area contributed by atoms with E-state index in [1.165, 1.54) is 0 Å². The smallest absolute Gasteiger partial charge is 0.321 e. The van der Waals surface area contributed by atoms with Gasteiger partial charge in [0, 0.05) is 26.5 Å². The standard InChI is InChI=1S/C10H4BrCl2IN2O/c11-6-1-8(13)9(2-7(6)12)17-10-15-3-5(14)4-16-10/h1-4H. The van der Waals surface area contributed by atoms with Crippen molar-refractivity contribution in [2.75, 3.05) is 0 Å². The lowest BCUT2D eigenvalue weighted by molar-refractivity contribution is 0.441. The summed E-state index contributed by atoms with van der Waals surface area (Å²) in [6.45, 7) is 0. The highest BCUT2D eigenvalue weighted by Crippen LogP contribution is 2.35. The monoisotopic (exact) mass is 444 g/mol. The Balaban J connectivity index is 2.30. The number of aromatic nitrogens is 2. The van der Waals surface area contributed by atoms with Crippen LogP contribution in [0.2, 0.25) is 10.0 Å². The Hall–Kier alpha value is -0.110. The summed E-state index contributed by atoms with van der Waals surface area (Å²) in [5, 5.41) is 0.943. The lowest BCUT2D eigenvalue weighted by Gasteiger charge is -2.07. The van der Waals surface area contributed by atoms with Gasteiger partial charge in [0.05, 0.1) is 10.0 Å². The van der Waals surface area contributed by atoms with Crippen LogP contribution in [-0.4, -0.2) is 9.97 Å². The minimum Gasteiger partial charge on any atom is -0.423 e. The van der Waals surface area contributed by atoms with Gasteiger partial charge in [-0.1, -0.05) is 23.2 Å². The van der Waals surface area contributed by atoms with E-state index in [2.05, 4.69) is 48.5 Å². The predicted molar refractivity (Wildman–Crippen MR) is 79.0 cm³/mol. The molecule has 2 rings (SSSR count). The van der Waals surface area contributed by atoms with E-state index in [0.717, 1.165) is 3.57 Å². The van der Waals surface area contributed by atoms with Gasteiger partial charge in [-0.2, -0.15) is 0 Å². The SMILES string of the molecule is Clc1cc(Oc2ncc(I)cn2)c(Cl)cc1Br. The van der Waals surface area contributed by atoms with Crippen molar-refractivity contribution >= 4 is 61.7 Å². The number of rotatable bonds is 2. The van der Waals surface area contributed by atoms with Crippen molar-refractivity contribution in [1.29, 1.82) is 0 Å². The summed E-state index contributed by atoms with van der Waals surface area (Å²) in [4.78, 5) is 8.02. The molecule has 0 atom stereocenters. The molecule has 0 radical (unpaired) electrons. The summed E-state index contributed by atoms with van der Waals surface area (Å²) in [5.41, 5.74) is 0. The van der Waals surface area contributed by atoms with Crippen LogP contribution in [0.5, 0.6) is 11.8 Å². The van der Waals surface area contributed by atoms with Crippen LogP contribution in [0.4, 0.5) is 0 Å². The van der Waals surface area contributed by atoms with Gasteiger partial charge in [-0.15, -0.1) is 0 Å². The largest absolute Gasteiger partial charge is 0.423 e. The summed E-state index contributed by atoms with van der Waals surface area (Å²) in [6, 6.07) is 3.49. The van der Waals surface area contributed by atoms with Gasteiger partial charge in [0.15, 0.2) is 5.75 Å². The lowest BCUT2D eigenvalue weighted by atomic mass is 10.3. The maximum atomic E-state index is 6.01. The molecule has 0 fully saturated rings. The van der Waals surface area contributed by atoms with E-state index >= 15 is 0 Å². The van der Waals surface area contributed by atoms with Gasteiger partial charge in [0.1, 0.15) is 0 Å². The predicted octanol–water partition coefficient (Wildman–Crippen LogP) is 4.94. The van der Waals surface area contributed by atoms with Crippen LogP contribution in [0, 0.1) is 3.57 Å². The van der Waals surface area contributed by atoms with Crippen LogP contribution in [0.1, 0.15) is 0 Å². The van der Waals surface area contributed by atoms with Crippen molar-refractivity contribution in [2.45, 2.75) is 0 Å². The molecule has 1 aromatic heterocycles. The maximum Gasteiger partial charge on any atom is 0.321 e. The molecule has 0 amide bonds. The van der Waals surface area contributed by atoms with Crippen molar-refractivity contribution in [2.24, 2.45) is 0 Å². The Morgan fingerprint density at radius 3 is 2.41 bits per heavy atom. The quantitative estimate of drug-likeness (QED) is 0.485. The van der Waals surface area contributed by atoms with E-state index in [1.54, 1.807) is 24.5 Å². The van der Waals surface area contributed by atoms with Gasteiger partial charge in [-0.25, -0.2) is 9.97 Å². The van der Waals surface area contributed by atoms with Gasteiger partial charge in [0.2, 0.25) is 0 Å². The van der Waals surface area contributed by atoms with Crippen LogP contribution in [0.15, 0.2) is 29.0 Å². The first-order valence-electron chi connectivity index (χ1n) is 4.36. The van der Waals surface area contributed by atoms with Gasteiger partial charge in [0.25, 0.3) is 0 Å². The highest BCUT2D eigenvalue weighted by molar-refractivity contribution is 14.1. The van der Waals surface area contributed by atoms with E-state index in [9.17, 15) is 0 Å². The number of ether oxygens (including phenoxy) is 1. The number of benzene rings is 1. The van der Waals surface area contributed by atoms with E-state index in [4.69, 9.17) is 27.9 Å². The fourth-order valence-corrected chi connectivity index (χ4v) is 2.14. The second kappa shape index (κ2) is 5.69. The van der Waals surface area contributed by atoms with Crippen molar-refractivity contribution < 1.29 is 4.74 Å². The van der Waals surface area contributed by atoms with E-state index in [0.29, 0.717) is 20.3 Å². The second-order valence-corrected chi connectivity index (χ2v) is 5.90. The highest BCUT2D eigenvalue weighted by Gasteiger charge is 2.09. The molecule has 0 saturated heterocycles. The zero-order valence-corrected chi connectivity index (χ0v) is 13.4. The zero-order valence-electron chi connectivity index (χ0n) is 8.12. The highest BCUT2D eigenvalue weighted by atomic mass is 127. The zero-order chi connectivity index (χ0) is 12.4. The Bertz CT molecular complexity index is 551. The minimum atomic E-state index is 0.228. The molecule has 0 bridgehead atoms. The molecule has 17 heavy (non-hydrogen) atoms. The molecule has 0 spiro atoms. The van der Waals surface area contributed by atoms with Gasteiger partial charge < -0.3 is 4.74 Å². The summed E-state index contributed by atoms with van der Waals surface area (Å²) >= 11 is 17.3. The number of hydrogen-bond acceptors (Lipinski definition) is 3. The van der Waals surface area contributed by atoms with Gasteiger partial charge in [-0.3, -0.25) is 0 Å². The summed E-state index contributed by atoms with van der Waals surface area (Å²) in [6.07, 6.45) is 3.30. The molecular formula is C10H4BrCl2IN2O. The minimum absolute atomic E-state index is 0.228. The van der Waals surface area contributed by atoms with E-state index in [1.807, 2.05) is 0 Å². The van der Waals surface area contributed by atoms with Crippen LogP contribution < -0.4 is 4.74 Å². The Kier molecular flexibility index (Phi) is 4.46. The van der Waals surface area contributed by atoms with Crippen LogP contribution >= 0.6 is 61.7 Å². The van der Waals surface area contributed by atoms with E-state index < -0.39 is 0 Å². The van der Waals surface area contributed by atoms with Gasteiger partial charge >= 0.3 is 6.01 Å². The fourth-order valence-electron chi connectivity index (χ4n) is 1.03. The first-order valence-corrected chi connectivity index (χ1v) is 6.99. The summed E-state index contributed by atoms with van der Waals surface area (Å²) < 4.78 is 7.07. The molecule has 3 nitrogen and oxygen atoms in total. The van der Waals surface area contributed by atoms with Crippen LogP contribution in [-0.2, 0) is 0 Å². The van der Waals surface area contributed by atoms with Crippen LogP contribution in [0.3, 0.4) is 0 Å². The third kappa shape index (κ3) is 3.43. The molecule has 1 aromatic carbocycles. The molecule has 88 valence electrons. The van der Waals surface area contributed by atoms with Crippen molar-refractivity contribution in [3.63, 3.8) is 0 Å². The molecule has 7 heteroatoms. The average Bonchev–Trinajstić information content (AvgIpc) is 2.29. The summed E-state index contributed by atoms with van der Waals surface area (Å²) in [7, 11) is 0. The fraction of sp³-hybridized carbons (Fsp3) is 0. The first kappa shape index (κ1) is 13.3. The number of nitrogens with zero attached hydrogens (tertiary/aromatic N) is 2. The molecule has 0 saturated carbocycles. The van der Waals surface area contributed by atoms with Crippen molar-refractivity contribution in [3.8, 4) is 11.8 Å². The average molecular weight is 446 g/mol. The number of hydrogen-bond donors (Lipinski definition) is 0. The normalized spacial score (nSPS) is 10.4. The van der Waals surface area contributed by atoms with Gasteiger partial charge in [-0.05, 0) is 44.6 Å². The molecule has 0 aliphatic heterocycles. The Morgan fingerprint density at radius 1 is 1.12 bits per heavy atom. The second-order valence-electron chi connectivity index (χ2n) is 2.98. The Morgan fingerprint density at radius 2 is 1.76 bits per heavy atom. The Labute approximate surface area is 130 Å². The van der Waals surface area contributed by atoms with Crippen LogP contribution in [0.25, 0.3) is 0 Å². The molecule has 0 aliphatic rings. The first-order chi connectivity index (χ1) is 8.06. The number of halogens is 4. The third-order valence-electron chi connectivity index (χ3n) is 1.77. The molecule has 2 aromatic rings. The maximum absolute atomic E-state index is 6.01. The van der Waals surface area contributed by atoms with Crippen molar-refractivity contribution in [3.05, 3.63) is 42.6 Å². The molecule has 0 unspecified atom stereocenters. The molecular weight excluding hydrogens is 442 g/mol. The topological polar surface area (TPSA) is 35.0 Å². The third-order valence-corrected chi connectivity index (χ3v) is 3.82. The summed E-state index contributed by atoms with van der Waals surface area (Å²) in [5.74, 6) is 0.418. The molecule has 0 aliphatic carbocycles.